The average Bonchev–Trinajstić information content (AvgIpc) is 3.87. The summed E-state index contributed by atoms with van der Waals surface area (Å²) in [6.07, 6.45) is 1.58. The minimum absolute atomic E-state index is 0.0800. The number of hydrogen-bond acceptors (Lipinski definition) is 4. The molecule has 0 spiro atoms. The Morgan fingerprint density at radius 1 is 0.569 bits per heavy atom. The zero-order valence-electron chi connectivity index (χ0n) is 33.1. The van der Waals surface area contributed by atoms with E-state index in [4.69, 9.17) is 19.4 Å². The van der Waals surface area contributed by atoms with E-state index >= 15 is 0 Å². The molecule has 1 aliphatic carbocycles. The van der Waals surface area contributed by atoms with Crippen molar-refractivity contribution in [2.45, 2.75) is 51.9 Å². The lowest BCUT2D eigenvalue weighted by Gasteiger charge is -2.24. The van der Waals surface area contributed by atoms with Crippen molar-refractivity contribution in [3.8, 4) is 39.6 Å². The predicted molar refractivity (Wildman–Crippen MR) is 238 cm³/mol. The van der Waals surface area contributed by atoms with Crippen molar-refractivity contribution in [2.24, 2.45) is 0 Å². The fourth-order valence-corrected chi connectivity index (χ4v) is 9.67. The van der Waals surface area contributed by atoms with Gasteiger partial charge in [0.05, 0.1) is 11.0 Å². The summed E-state index contributed by atoms with van der Waals surface area (Å²) in [6, 6.07) is 54.2. The van der Waals surface area contributed by atoms with Crippen molar-refractivity contribution >= 4 is 43.7 Å². The first-order valence-electron chi connectivity index (χ1n) is 20.4. The Balaban J connectivity index is 1.06. The summed E-state index contributed by atoms with van der Waals surface area (Å²) < 4.78 is 8.55. The zero-order chi connectivity index (χ0) is 39.1. The van der Waals surface area contributed by atoms with Crippen LogP contribution in [0.3, 0.4) is 0 Å². The molecule has 3 heterocycles. The summed E-state index contributed by atoms with van der Waals surface area (Å²) in [6.45, 7) is 9.26. The van der Waals surface area contributed by atoms with Crippen LogP contribution in [0, 0.1) is 6.92 Å². The number of benzene rings is 7. The van der Waals surface area contributed by atoms with Gasteiger partial charge in [0.1, 0.15) is 17.0 Å². The van der Waals surface area contributed by atoms with E-state index in [2.05, 4.69) is 172 Å². The number of fused-ring (bicyclic) bond motifs is 9. The van der Waals surface area contributed by atoms with Gasteiger partial charge in [-0.15, -0.1) is 0 Å². The summed E-state index contributed by atoms with van der Waals surface area (Å²) in [7, 11) is 0. The third-order valence-corrected chi connectivity index (χ3v) is 12.6. The second kappa shape index (κ2) is 13.1. The summed E-state index contributed by atoms with van der Waals surface area (Å²) in [5.74, 6) is 2.16. The third-order valence-electron chi connectivity index (χ3n) is 12.6. The highest BCUT2D eigenvalue weighted by atomic mass is 16.3. The Bertz CT molecular complexity index is 3200. The molecule has 58 heavy (non-hydrogen) atoms. The van der Waals surface area contributed by atoms with E-state index in [0.717, 1.165) is 50.8 Å². The SMILES string of the molecule is CCC(Cc1nc(-c2ccc3c(c2)oc2ccccc23)nc(-n2c3ccccc3c3ccccc32)n1)c1ccccc1-c1cc2c(cc1C)-c1ccccc1C2(C)C. The lowest BCUT2D eigenvalue weighted by molar-refractivity contribution is 0.633. The lowest BCUT2D eigenvalue weighted by atomic mass is 9.79. The number of furan rings is 1. The summed E-state index contributed by atoms with van der Waals surface area (Å²) in [5.41, 5.74) is 15.3. The number of aromatic nitrogens is 4. The van der Waals surface area contributed by atoms with Crippen molar-refractivity contribution in [1.29, 1.82) is 0 Å². The fourth-order valence-electron chi connectivity index (χ4n) is 9.67. The van der Waals surface area contributed by atoms with Gasteiger partial charge < -0.3 is 4.42 Å². The molecular formula is C53H42N4O. The van der Waals surface area contributed by atoms with Crippen molar-refractivity contribution in [3.05, 3.63) is 180 Å². The van der Waals surface area contributed by atoms with Crippen LogP contribution in [0.5, 0.6) is 0 Å². The number of nitrogens with zero attached hydrogens (tertiary/aromatic N) is 4. The van der Waals surface area contributed by atoms with Gasteiger partial charge in [0.25, 0.3) is 0 Å². The first kappa shape index (κ1) is 34.4. The van der Waals surface area contributed by atoms with Crippen molar-refractivity contribution < 1.29 is 4.42 Å². The van der Waals surface area contributed by atoms with Crippen LogP contribution >= 0.6 is 0 Å². The second-order valence-electron chi connectivity index (χ2n) is 16.3. The normalized spacial score (nSPS) is 13.7. The molecule has 3 aromatic heterocycles. The van der Waals surface area contributed by atoms with Crippen LogP contribution in [-0.4, -0.2) is 19.5 Å². The summed E-state index contributed by atoms with van der Waals surface area (Å²) in [4.78, 5) is 15.9. The topological polar surface area (TPSA) is 56.7 Å². The highest BCUT2D eigenvalue weighted by Gasteiger charge is 2.36. The second-order valence-corrected chi connectivity index (χ2v) is 16.3. The summed E-state index contributed by atoms with van der Waals surface area (Å²) in [5, 5.41) is 4.51. The molecule has 0 aliphatic heterocycles. The molecular weight excluding hydrogens is 709 g/mol. The Morgan fingerprint density at radius 2 is 1.22 bits per heavy atom. The van der Waals surface area contributed by atoms with Crippen LogP contribution in [0.25, 0.3) is 83.3 Å². The molecule has 5 nitrogen and oxygen atoms in total. The summed E-state index contributed by atoms with van der Waals surface area (Å²) >= 11 is 0. The molecule has 0 bridgehead atoms. The van der Waals surface area contributed by atoms with Crippen LogP contribution < -0.4 is 0 Å². The number of hydrogen-bond donors (Lipinski definition) is 0. The number of aryl methyl sites for hydroxylation is 1. The molecule has 1 atom stereocenters. The maximum absolute atomic E-state index is 6.35. The van der Waals surface area contributed by atoms with Crippen LogP contribution in [-0.2, 0) is 11.8 Å². The lowest BCUT2D eigenvalue weighted by Crippen LogP contribution is -2.15. The van der Waals surface area contributed by atoms with Gasteiger partial charge in [0.2, 0.25) is 5.95 Å². The van der Waals surface area contributed by atoms with E-state index in [9.17, 15) is 0 Å². The molecule has 7 aromatic carbocycles. The van der Waals surface area contributed by atoms with Crippen molar-refractivity contribution in [1.82, 2.24) is 19.5 Å². The first-order valence-corrected chi connectivity index (χ1v) is 20.4. The van der Waals surface area contributed by atoms with Gasteiger partial charge in [-0.25, -0.2) is 4.98 Å². The molecule has 0 saturated heterocycles. The van der Waals surface area contributed by atoms with Gasteiger partial charge >= 0.3 is 0 Å². The molecule has 0 radical (unpaired) electrons. The monoisotopic (exact) mass is 750 g/mol. The largest absolute Gasteiger partial charge is 0.456 e. The first-order chi connectivity index (χ1) is 28.4. The molecule has 1 unspecified atom stereocenters. The standard InChI is InChI=1S/C53H42N4O/c1-5-33(35-16-6-7-17-36(35)42-31-45-43(28-32(42)2)37-18-8-12-22-44(37)53(45,3)4)30-50-54-51(34-26-27-41-40-21-11-15-25-48(40)58-49(41)29-34)56-52(55-50)57-46-23-13-9-19-38(46)39-20-10-14-24-47(39)57/h6-29,31,33H,5,30H2,1-4H3. The zero-order valence-corrected chi connectivity index (χ0v) is 33.1. The van der Waals surface area contributed by atoms with Crippen molar-refractivity contribution in [2.75, 3.05) is 0 Å². The van der Waals surface area contributed by atoms with Gasteiger partial charge in [-0.3, -0.25) is 4.57 Å². The third kappa shape index (κ3) is 5.26. The van der Waals surface area contributed by atoms with Gasteiger partial charge in [0, 0.05) is 38.9 Å². The number of rotatable bonds is 7. The highest BCUT2D eigenvalue weighted by molar-refractivity contribution is 6.09. The molecule has 280 valence electrons. The number of para-hydroxylation sites is 3. The molecule has 0 fully saturated rings. The van der Waals surface area contributed by atoms with Crippen LogP contribution in [0.15, 0.2) is 156 Å². The fraction of sp³-hybridized carbons (Fsp3) is 0.151. The maximum atomic E-state index is 6.35. The molecule has 10 aromatic rings. The molecule has 0 amide bonds. The van der Waals surface area contributed by atoms with Crippen molar-refractivity contribution in [3.63, 3.8) is 0 Å². The van der Waals surface area contributed by atoms with Gasteiger partial charge in [-0.1, -0.05) is 136 Å². The van der Waals surface area contributed by atoms with Gasteiger partial charge in [0.15, 0.2) is 5.82 Å². The van der Waals surface area contributed by atoms with E-state index in [1.54, 1.807) is 0 Å². The minimum atomic E-state index is -0.0800. The Labute approximate surface area is 337 Å². The average molecular weight is 751 g/mol. The Hall–Kier alpha value is -6.85. The van der Waals surface area contributed by atoms with E-state index < -0.39 is 0 Å². The molecule has 5 heteroatoms. The van der Waals surface area contributed by atoms with E-state index in [1.165, 1.54) is 55.3 Å². The Kier molecular flexibility index (Phi) is 7.77. The quantitative estimate of drug-likeness (QED) is 0.163. The van der Waals surface area contributed by atoms with E-state index in [1.807, 2.05) is 12.1 Å². The van der Waals surface area contributed by atoms with Crippen LogP contribution in [0.1, 0.15) is 61.2 Å². The smallest absolute Gasteiger partial charge is 0.238 e. The Morgan fingerprint density at radius 3 is 2.00 bits per heavy atom. The highest BCUT2D eigenvalue weighted by Crippen LogP contribution is 2.51. The molecule has 11 rings (SSSR count). The van der Waals surface area contributed by atoms with E-state index in [-0.39, 0.29) is 11.3 Å². The molecule has 1 aliphatic rings. The van der Waals surface area contributed by atoms with Crippen LogP contribution in [0.4, 0.5) is 0 Å². The molecule has 0 saturated carbocycles. The van der Waals surface area contributed by atoms with Gasteiger partial charge in [-0.2, -0.15) is 9.97 Å². The van der Waals surface area contributed by atoms with E-state index in [0.29, 0.717) is 18.2 Å². The predicted octanol–water partition coefficient (Wildman–Crippen LogP) is 13.6. The minimum Gasteiger partial charge on any atom is -0.456 e. The molecule has 0 N–H and O–H groups in total. The van der Waals surface area contributed by atoms with Crippen LogP contribution in [0.2, 0.25) is 0 Å². The maximum Gasteiger partial charge on any atom is 0.238 e. The van der Waals surface area contributed by atoms with Gasteiger partial charge in [-0.05, 0) is 100 Å².